The van der Waals surface area contributed by atoms with Crippen LogP contribution in [0.15, 0.2) is 23.0 Å². The predicted molar refractivity (Wildman–Crippen MR) is 128 cm³/mol. The summed E-state index contributed by atoms with van der Waals surface area (Å²) in [4.78, 5) is 53.2. The number of rotatable bonds is 7. The highest BCUT2D eigenvalue weighted by Gasteiger charge is 2.34. The minimum absolute atomic E-state index is 0.0372. The van der Waals surface area contributed by atoms with E-state index in [1.165, 1.54) is 0 Å². The van der Waals surface area contributed by atoms with Crippen LogP contribution in [-0.2, 0) is 28.0 Å². The number of hydrogen-bond acceptors (Lipinski definition) is 5. The first-order valence-electron chi connectivity index (χ1n) is 12.1. The average Bonchev–Trinajstić information content (AvgIpc) is 3.09. The molecule has 4 rings (SSSR count). The number of methoxy groups -OCH3 is 1. The molecule has 0 bridgehead atoms. The lowest BCUT2D eigenvalue weighted by Crippen LogP contribution is -2.54. The van der Waals surface area contributed by atoms with Crippen LogP contribution in [0.1, 0.15) is 39.0 Å². The van der Waals surface area contributed by atoms with Crippen molar-refractivity contribution in [3.05, 3.63) is 28.7 Å². The van der Waals surface area contributed by atoms with E-state index in [9.17, 15) is 19.2 Å². The van der Waals surface area contributed by atoms with Crippen molar-refractivity contribution in [3.63, 3.8) is 0 Å². The topological polar surface area (TPSA) is 93.9 Å². The maximum Gasteiger partial charge on any atom is 0.328 e. The molecule has 0 spiro atoms. The van der Waals surface area contributed by atoms with E-state index < -0.39 is 0 Å². The molecule has 0 atom stereocenters. The molecule has 34 heavy (non-hydrogen) atoms. The molecule has 1 saturated heterocycles. The number of benzene rings is 1. The molecule has 2 aromatic rings. The van der Waals surface area contributed by atoms with Gasteiger partial charge in [-0.2, -0.15) is 0 Å². The third kappa shape index (κ3) is 4.74. The Bertz CT molecular complexity index is 1140. The van der Waals surface area contributed by atoms with Gasteiger partial charge in [0.1, 0.15) is 5.75 Å². The smallest absolute Gasteiger partial charge is 0.328 e. The highest BCUT2D eigenvalue weighted by atomic mass is 16.5. The molecule has 2 heterocycles. The van der Waals surface area contributed by atoms with Gasteiger partial charge in [-0.3, -0.25) is 23.5 Å². The number of hydrogen-bond donors (Lipinski definition) is 0. The van der Waals surface area contributed by atoms with Crippen molar-refractivity contribution in [1.82, 2.24) is 18.9 Å². The molecule has 2 amide bonds. The molecular formula is C25H34N4O5. The number of amides is 2. The van der Waals surface area contributed by atoms with E-state index in [1.54, 1.807) is 35.4 Å². The van der Waals surface area contributed by atoms with Crippen molar-refractivity contribution < 1.29 is 19.1 Å². The van der Waals surface area contributed by atoms with E-state index >= 15 is 0 Å². The lowest BCUT2D eigenvalue weighted by atomic mass is 9.81. The van der Waals surface area contributed by atoms with Gasteiger partial charge in [0, 0.05) is 45.1 Å². The Balaban J connectivity index is 1.35. The number of nitrogens with zero attached hydrogens (tertiary/aromatic N) is 4. The van der Waals surface area contributed by atoms with Crippen molar-refractivity contribution in [2.75, 3.05) is 33.3 Å². The van der Waals surface area contributed by atoms with Crippen LogP contribution in [-0.4, -0.2) is 69.8 Å². The quantitative estimate of drug-likeness (QED) is 0.615. The average molecular weight is 471 g/mol. The Labute approximate surface area is 199 Å². The molecule has 9 heteroatoms. The van der Waals surface area contributed by atoms with E-state index in [-0.39, 0.29) is 42.3 Å². The predicted octanol–water partition coefficient (Wildman–Crippen LogP) is 1.80. The molecule has 184 valence electrons. The fourth-order valence-corrected chi connectivity index (χ4v) is 5.19. The van der Waals surface area contributed by atoms with E-state index in [2.05, 4.69) is 0 Å². The van der Waals surface area contributed by atoms with Gasteiger partial charge < -0.3 is 14.5 Å². The van der Waals surface area contributed by atoms with Crippen LogP contribution < -0.4 is 10.4 Å². The number of aromatic nitrogens is 2. The van der Waals surface area contributed by atoms with Gasteiger partial charge in [-0.15, -0.1) is 0 Å². The van der Waals surface area contributed by atoms with Crippen LogP contribution in [0.25, 0.3) is 11.0 Å². The molecule has 0 unspecified atom stereocenters. The number of fused-ring (bicyclic) bond motifs is 1. The summed E-state index contributed by atoms with van der Waals surface area (Å²) < 4.78 is 8.82. The standard InChI is InChI=1S/C25H34N4O5/c1-4-19(30)15-27-11-12-28(16-23(27)31)24(32)18-7-5-17(6-8-18)14-29-22-13-20(34-3)9-10-21(22)26(2)25(29)33/h9-10,13,17-18H,4-8,11-12,14-16H2,1-3H3. The van der Waals surface area contributed by atoms with Crippen molar-refractivity contribution in [3.8, 4) is 5.75 Å². The number of Topliss-reactive ketones (excluding diaryl/α,β-unsaturated/α-hetero) is 1. The molecule has 1 aliphatic heterocycles. The van der Waals surface area contributed by atoms with Crippen LogP contribution in [0.4, 0.5) is 0 Å². The van der Waals surface area contributed by atoms with Crippen LogP contribution in [0.3, 0.4) is 0 Å². The van der Waals surface area contributed by atoms with Gasteiger partial charge in [0.05, 0.1) is 31.2 Å². The molecule has 0 N–H and O–H groups in total. The van der Waals surface area contributed by atoms with E-state index in [1.807, 2.05) is 22.8 Å². The summed E-state index contributed by atoms with van der Waals surface area (Å²) in [5.41, 5.74) is 1.70. The highest BCUT2D eigenvalue weighted by molar-refractivity contribution is 5.90. The SMILES string of the molecule is CCC(=O)CN1CCN(C(=O)C2CCC(Cn3c(=O)n(C)c4ccc(OC)cc43)CC2)CC1=O. The van der Waals surface area contributed by atoms with E-state index in [4.69, 9.17) is 4.74 Å². The van der Waals surface area contributed by atoms with Crippen LogP contribution in [0.2, 0.25) is 0 Å². The second-order valence-electron chi connectivity index (χ2n) is 9.49. The van der Waals surface area contributed by atoms with Gasteiger partial charge >= 0.3 is 5.69 Å². The number of ketones is 1. The molecule has 0 radical (unpaired) electrons. The van der Waals surface area contributed by atoms with Crippen molar-refractivity contribution in [2.45, 2.75) is 45.6 Å². The molecule has 2 aliphatic rings. The minimum Gasteiger partial charge on any atom is -0.497 e. The summed E-state index contributed by atoms with van der Waals surface area (Å²) >= 11 is 0. The monoisotopic (exact) mass is 470 g/mol. The summed E-state index contributed by atoms with van der Waals surface area (Å²) in [5, 5.41) is 0. The lowest BCUT2D eigenvalue weighted by molar-refractivity contribution is -0.149. The fourth-order valence-electron chi connectivity index (χ4n) is 5.19. The number of ether oxygens (including phenoxy) is 1. The Hall–Kier alpha value is -3.10. The van der Waals surface area contributed by atoms with E-state index in [0.717, 1.165) is 42.5 Å². The first kappa shape index (κ1) is 24.0. The van der Waals surface area contributed by atoms with E-state index in [0.29, 0.717) is 32.0 Å². The Kier molecular flexibility index (Phi) is 7.09. The summed E-state index contributed by atoms with van der Waals surface area (Å²) in [6.07, 6.45) is 3.66. The van der Waals surface area contributed by atoms with Gasteiger partial charge in [-0.1, -0.05) is 6.92 Å². The molecule has 2 fully saturated rings. The van der Waals surface area contributed by atoms with Gasteiger partial charge in [-0.05, 0) is 43.7 Å². The third-order valence-corrected chi connectivity index (χ3v) is 7.38. The first-order valence-corrected chi connectivity index (χ1v) is 12.1. The van der Waals surface area contributed by atoms with Crippen molar-refractivity contribution in [2.24, 2.45) is 18.9 Å². The third-order valence-electron chi connectivity index (χ3n) is 7.38. The van der Waals surface area contributed by atoms with Crippen molar-refractivity contribution >= 4 is 28.6 Å². The lowest BCUT2D eigenvalue weighted by Gasteiger charge is -2.37. The highest BCUT2D eigenvalue weighted by Crippen LogP contribution is 2.32. The fraction of sp³-hybridized carbons (Fsp3) is 0.600. The number of carbonyl (C=O) groups excluding carboxylic acids is 3. The zero-order chi connectivity index (χ0) is 24.4. The molecular weight excluding hydrogens is 436 g/mol. The number of carbonyl (C=O) groups is 3. The van der Waals surface area contributed by atoms with Crippen LogP contribution >= 0.6 is 0 Å². The number of imidazole rings is 1. The second kappa shape index (κ2) is 10.0. The molecule has 9 nitrogen and oxygen atoms in total. The summed E-state index contributed by atoms with van der Waals surface area (Å²) in [7, 11) is 3.39. The van der Waals surface area contributed by atoms with Gasteiger partial charge in [0.2, 0.25) is 11.8 Å². The zero-order valence-corrected chi connectivity index (χ0v) is 20.3. The zero-order valence-electron chi connectivity index (χ0n) is 20.3. The summed E-state index contributed by atoms with van der Waals surface area (Å²) in [5.74, 6) is 0.875. The normalized spacial score (nSPS) is 21.2. The second-order valence-corrected chi connectivity index (χ2v) is 9.49. The van der Waals surface area contributed by atoms with Gasteiger partial charge in [0.15, 0.2) is 5.78 Å². The Morgan fingerprint density at radius 3 is 2.44 bits per heavy atom. The van der Waals surface area contributed by atoms with Crippen LogP contribution in [0, 0.1) is 11.8 Å². The maximum absolute atomic E-state index is 13.1. The number of aryl methyl sites for hydroxylation is 1. The maximum atomic E-state index is 13.1. The summed E-state index contributed by atoms with van der Waals surface area (Å²) in [6, 6.07) is 5.66. The molecule has 1 aromatic carbocycles. The molecule has 1 aliphatic carbocycles. The van der Waals surface area contributed by atoms with Gasteiger partial charge in [0.25, 0.3) is 0 Å². The van der Waals surface area contributed by atoms with Gasteiger partial charge in [-0.25, -0.2) is 4.79 Å². The number of piperazine rings is 1. The minimum atomic E-state index is -0.152. The Morgan fingerprint density at radius 2 is 1.79 bits per heavy atom. The Morgan fingerprint density at radius 1 is 1.06 bits per heavy atom. The molecule has 1 aromatic heterocycles. The van der Waals surface area contributed by atoms with Crippen molar-refractivity contribution in [1.29, 1.82) is 0 Å². The molecule has 1 saturated carbocycles. The first-order chi connectivity index (χ1) is 16.3. The van der Waals surface area contributed by atoms with Crippen LogP contribution in [0.5, 0.6) is 5.75 Å². The summed E-state index contributed by atoms with van der Waals surface area (Å²) in [6.45, 7) is 3.50. The largest absolute Gasteiger partial charge is 0.497 e.